The van der Waals surface area contributed by atoms with Gasteiger partial charge in [0.15, 0.2) is 0 Å². The summed E-state index contributed by atoms with van der Waals surface area (Å²) in [6.07, 6.45) is 1.60. The summed E-state index contributed by atoms with van der Waals surface area (Å²) in [4.78, 5) is 25.8. The highest BCUT2D eigenvalue weighted by molar-refractivity contribution is 7.89. The van der Waals surface area contributed by atoms with E-state index in [4.69, 9.17) is 11.5 Å². The van der Waals surface area contributed by atoms with Gasteiger partial charge in [0, 0.05) is 24.8 Å². The van der Waals surface area contributed by atoms with Crippen molar-refractivity contribution < 1.29 is 18.1 Å². The van der Waals surface area contributed by atoms with E-state index in [1.165, 1.54) is 24.3 Å². The number of benzene rings is 2. The summed E-state index contributed by atoms with van der Waals surface area (Å²) in [5.74, 6) is 0.124. The predicted molar refractivity (Wildman–Crippen MR) is 131 cm³/mol. The Labute approximate surface area is 199 Å². The second kappa shape index (κ2) is 9.98. The number of hydrogen-bond donors (Lipinski definition) is 3. The highest BCUT2D eigenvalue weighted by Gasteiger charge is 2.32. The van der Waals surface area contributed by atoms with Crippen LogP contribution in [0.3, 0.4) is 0 Å². The number of sulfonamides is 1. The summed E-state index contributed by atoms with van der Waals surface area (Å²) in [5, 5.41) is 11.3. The third kappa shape index (κ3) is 5.65. The smallest absolute Gasteiger partial charge is 0.292 e. The molecule has 1 amide bonds. The maximum atomic E-state index is 13.4. The van der Waals surface area contributed by atoms with Gasteiger partial charge in [-0.15, -0.1) is 0 Å². The molecule has 0 aromatic heterocycles. The molecule has 1 aliphatic heterocycles. The van der Waals surface area contributed by atoms with Crippen LogP contribution in [0.2, 0.25) is 0 Å². The molecule has 1 saturated heterocycles. The number of amides is 1. The Kier molecular flexibility index (Phi) is 7.47. The van der Waals surface area contributed by atoms with Gasteiger partial charge in [-0.3, -0.25) is 14.9 Å². The van der Waals surface area contributed by atoms with Crippen molar-refractivity contribution in [3.8, 4) is 0 Å². The lowest BCUT2D eigenvalue weighted by molar-refractivity contribution is -0.384. The molecule has 184 valence electrons. The number of carbonyl (C=O) groups excluding carboxylic acids is 1. The van der Waals surface area contributed by atoms with Crippen LogP contribution in [0, 0.1) is 29.9 Å². The normalized spacial score (nSPS) is 15.8. The summed E-state index contributed by atoms with van der Waals surface area (Å²) in [7, 11) is -4.08. The highest BCUT2D eigenvalue weighted by Crippen LogP contribution is 2.26. The number of piperidine rings is 1. The van der Waals surface area contributed by atoms with Gasteiger partial charge < -0.3 is 16.4 Å². The summed E-state index contributed by atoms with van der Waals surface area (Å²) in [6.45, 7) is 6.60. The number of aryl methyl sites for hydroxylation is 2. The van der Waals surface area contributed by atoms with Crippen molar-refractivity contribution in [2.75, 3.05) is 24.6 Å². The van der Waals surface area contributed by atoms with Crippen LogP contribution in [0.1, 0.15) is 36.5 Å². The minimum atomic E-state index is -4.08. The van der Waals surface area contributed by atoms with E-state index < -0.39 is 21.0 Å². The van der Waals surface area contributed by atoms with Gasteiger partial charge in [0.2, 0.25) is 15.9 Å². The van der Waals surface area contributed by atoms with Crippen molar-refractivity contribution in [2.24, 2.45) is 5.92 Å². The first-order valence-electron chi connectivity index (χ1n) is 11.1. The van der Waals surface area contributed by atoms with Crippen molar-refractivity contribution in [2.45, 2.75) is 51.0 Å². The van der Waals surface area contributed by atoms with Crippen molar-refractivity contribution in [3.63, 3.8) is 0 Å². The summed E-state index contributed by atoms with van der Waals surface area (Å²) < 4.78 is 29.1. The van der Waals surface area contributed by atoms with Crippen LogP contribution < -0.4 is 16.2 Å². The molecule has 5 N–H and O–H groups in total. The minimum Gasteiger partial charge on any atom is -0.398 e. The number of nitrogen functional groups attached to an aromatic ring is 2. The highest BCUT2D eigenvalue weighted by atomic mass is 32.2. The van der Waals surface area contributed by atoms with E-state index in [1.807, 2.05) is 0 Å². The lowest BCUT2D eigenvalue weighted by atomic mass is 9.97. The predicted octanol–water partition coefficient (Wildman–Crippen LogP) is 2.52. The topological polar surface area (TPSA) is 162 Å². The molecule has 10 nitrogen and oxygen atoms in total. The number of anilines is 2. The summed E-state index contributed by atoms with van der Waals surface area (Å²) in [5.41, 5.74) is 13.5. The fourth-order valence-electron chi connectivity index (χ4n) is 4.08. The van der Waals surface area contributed by atoms with E-state index in [1.54, 1.807) is 24.8 Å². The fraction of sp³-hybridized carbons (Fsp3) is 0.435. The largest absolute Gasteiger partial charge is 0.398 e. The van der Waals surface area contributed by atoms with Gasteiger partial charge in [-0.25, -0.2) is 8.42 Å². The van der Waals surface area contributed by atoms with Gasteiger partial charge >= 0.3 is 0 Å². The van der Waals surface area contributed by atoms with E-state index >= 15 is 0 Å². The molecule has 34 heavy (non-hydrogen) atoms. The molecule has 2 aromatic carbocycles. The van der Waals surface area contributed by atoms with Crippen molar-refractivity contribution in [3.05, 3.63) is 57.1 Å². The average molecular weight is 490 g/mol. The van der Waals surface area contributed by atoms with E-state index in [-0.39, 0.29) is 28.6 Å². The molecule has 1 atom stereocenters. The number of rotatable bonds is 7. The monoisotopic (exact) mass is 489 g/mol. The first-order valence-corrected chi connectivity index (χ1v) is 12.6. The Morgan fingerprint density at radius 3 is 2.32 bits per heavy atom. The Balaban J connectivity index is 1.95. The molecule has 11 heteroatoms. The Bertz CT molecular complexity index is 1180. The number of likely N-dealkylation sites (tertiary alicyclic amines) is 1. The zero-order valence-electron chi connectivity index (χ0n) is 19.6. The number of nitrogens with two attached hydrogens (primary N) is 2. The number of nitro benzene ring substituents is 1. The molecular formula is C23H31N5O5S. The quantitative estimate of drug-likeness (QED) is 0.306. The average Bonchev–Trinajstić information content (AvgIpc) is 2.77. The molecule has 2 aromatic rings. The minimum absolute atomic E-state index is 0.00458. The molecule has 1 unspecified atom stereocenters. The maximum absolute atomic E-state index is 13.4. The van der Waals surface area contributed by atoms with Gasteiger partial charge in [-0.05, 0) is 73.9 Å². The van der Waals surface area contributed by atoms with E-state index in [9.17, 15) is 23.3 Å². The standard InChI is InChI=1S/C23H31N5O5S/c1-14-6-8-27(9-7-14)23(29)20(12-17-4-5-19(24)21(13-17)28(30)31)26-34(32,33)18-10-15(2)22(25)16(3)11-18/h4-5,10-11,13-14,20,26H,6-9,12,24-25H2,1-3H3. The van der Waals surface area contributed by atoms with Crippen molar-refractivity contribution >= 4 is 33.0 Å². The zero-order chi connectivity index (χ0) is 25.2. The SMILES string of the molecule is Cc1cc(S(=O)(=O)NC(Cc2ccc(N)c([N+](=O)[O-])c2)C(=O)N2CCC(C)CC2)cc(C)c1N. The van der Waals surface area contributed by atoms with Gasteiger partial charge in [0.25, 0.3) is 5.69 Å². The van der Waals surface area contributed by atoms with Gasteiger partial charge in [0.05, 0.1) is 9.82 Å². The molecule has 0 aliphatic carbocycles. The summed E-state index contributed by atoms with van der Waals surface area (Å²) >= 11 is 0. The molecule has 1 fully saturated rings. The lowest BCUT2D eigenvalue weighted by Crippen LogP contribution is -2.51. The fourth-order valence-corrected chi connectivity index (χ4v) is 5.44. The summed E-state index contributed by atoms with van der Waals surface area (Å²) in [6, 6.07) is 6.01. The second-order valence-corrected chi connectivity index (χ2v) is 10.7. The molecule has 1 heterocycles. The molecule has 0 saturated carbocycles. The molecular weight excluding hydrogens is 458 g/mol. The number of hydrogen-bond acceptors (Lipinski definition) is 7. The van der Waals surface area contributed by atoms with E-state index in [0.717, 1.165) is 12.8 Å². The number of nitrogens with one attached hydrogen (secondary N) is 1. The first kappa shape index (κ1) is 25.4. The second-order valence-electron chi connectivity index (χ2n) is 9.01. The Morgan fingerprint density at radius 1 is 1.18 bits per heavy atom. The number of carbonyl (C=O) groups is 1. The van der Waals surface area contributed by atoms with E-state index in [0.29, 0.717) is 41.4 Å². The van der Waals surface area contributed by atoms with Crippen LogP contribution in [0.4, 0.5) is 17.1 Å². The maximum Gasteiger partial charge on any atom is 0.292 e. The van der Waals surface area contributed by atoms with Gasteiger partial charge in [-0.2, -0.15) is 4.72 Å². The van der Waals surface area contributed by atoms with Crippen LogP contribution in [-0.2, 0) is 21.2 Å². The van der Waals surface area contributed by atoms with Crippen molar-refractivity contribution in [1.29, 1.82) is 0 Å². The van der Waals surface area contributed by atoms with Crippen LogP contribution >= 0.6 is 0 Å². The molecule has 1 aliphatic rings. The molecule has 0 spiro atoms. The van der Waals surface area contributed by atoms with Crippen LogP contribution in [0.25, 0.3) is 0 Å². The number of nitro groups is 1. The molecule has 0 bridgehead atoms. The first-order chi connectivity index (χ1) is 15.9. The van der Waals surface area contributed by atoms with Crippen LogP contribution in [0.15, 0.2) is 35.2 Å². The molecule has 3 rings (SSSR count). The van der Waals surface area contributed by atoms with E-state index in [2.05, 4.69) is 11.6 Å². The Morgan fingerprint density at radius 2 is 1.76 bits per heavy atom. The van der Waals surface area contributed by atoms with Gasteiger partial charge in [-0.1, -0.05) is 13.0 Å². The third-order valence-corrected chi connectivity index (χ3v) is 7.75. The lowest BCUT2D eigenvalue weighted by Gasteiger charge is -2.33. The Hall–Kier alpha value is -3.18. The zero-order valence-corrected chi connectivity index (χ0v) is 20.4. The van der Waals surface area contributed by atoms with Crippen LogP contribution in [0.5, 0.6) is 0 Å². The van der Waals surface area contributed by atoms with Crippen LogP contribution in [-0.4, -0.2) is 43.3 Å². The molecule has 0 radical (unpaired) electrons. The third-order valence-electron chi connectivity index (χ3n) is 6.30. The van der Waals surface area contributed by atoms with Crippen molar-refractivity contribution in [1.82, 2.24) is 9.62 Å². The number of nitrogens with zero attached hydrogens (tertiary/aromatic N) is 2. The van der Waals surface area contributed by atoms with Gasteiger partial charge in [0.1, 0.15) is 11.7 Å².